The molecule has 0 radical (unpaired) electrons. The molecule has 0 atom stereocenters. The number of hydrogen-bond acceptors (Lipinski definition) is 2. The van der Waals surface area contributed by atoms with Gasteiger partial charge in [0.1, 0.15) is 11.6 Å². The smallest absolute Gasteiger partial charge is 0.131 e. The number of nitrogens with one attached hydrogen (secondary N) is 1. The van der Waals surface area contributed by atoms with Gasteiger partial charge in [-0.1, -0.05) is 18.9 Å². The molecule has 1 saturated carbocycles. The van der Waals surface area contributed by atoms with Crippen molar-refractivity contribution in [1.29, 1.82) is 5.41 Å². The van der Waals surface area contributed by atoms with Crippen LogP contribution in [-0.4, -0.2) is 12.4 Å². The Kier molecular flexibility index (Phi) is 3.49. The van der Waals surface area contributed by atoms with Crippen molar-refractivity contribution in [2.75, 3.05) is 6.61 Å². The molecule has 0 bridgehead atoms. The average molecular weight is 283 g/mol. The molecule has 0 unspecified atom stereocenters. The number of hydrogen-bond donors (Lipinski definition) is 2. The average Bonchev–Trinajstić information content (AvgIpc) is 3.01. The highest BCUT2D eigenvalue weighted by Gasteiger charge is 2.21. The van der Waals surface area contributed by atoms with Crippen LogP contribution in [0.15, 0.2) is 22.7 Å². The van der Waals surface area contributed by atoms with Crippen LogP contribution < -0.4 is 10.5 Å². The van der Waals surface area contributed by atoms with Crippen LogP contribution in [0.5, 0.6) is 5.75 Å². The second-order valence-electron chi connectivity index (χ2n) is 4.11. The van der Waals surface area contributed by atoms with Gasteiger partial charge in [0, 0.05) is 4.47 Å². The van der Waals surface area contributed by atoms with E-state index in [1.807, 2.05) is 18.2 Å². The molecule has 0 spiro atoms. The van der Waals surface area contributed by atoms with Crippen LogP contribution in [-0.2, 0) is 0 Å². The molecule has 3 nitrogen and oxygen atoms in total. The van der Waals surface area contributed by atoms with Gasteiger partial charge in [-0.05, 0) is 40.4 Å². The highest BCUT2D eigenvalue weighted by Crippen LogP contribution is 2.33. The third-order valence-electron chi connectivity index (χ3n) is 2.73. The van der Waals surface area contributed by atoms with Gasteiger partial charge in [-0.25, -0.2) is 0 Å². The molecule has 0 aromatic heterocycles. The molecule has 0 heterocycles. The summed E-state index contributed by atoms with van der Waals surface area (Å²) in [5.41, 5.74) is 6.18. The zero-order valence-electron chi connectivity index (χ0n) is 9.00. The number of rotatable bonds is 5. The fourth-order valence-corrected chi connectivity index (χ4v) is 2.19. The minimum atomic E-state index is 0.0360. The van der Waals surface area contributed by atoms with E-state index in [-0.39, 0.29) is 5.84 Å². The molecule has 1 aromatic carbocycles. The van der Waals surface area contributed by atoms with E-state index >= 15 is 0 Å². The van der Waals surface area contributed by atoms with Crippen molar-refractivity contribution < 1.29 is 4.74 Å². The molecular formula is C12H15BrN2O. The molecule has 16 heavy (non-hydrogen) atoms. The Morgan fingerprint density at radius 1 is 1.50 bits per heavy atom. The van der Waals surface area contributed by atoms with E-state index < -0.39 is 0 Å². The lowest BCUT2D eigenvalue weighted by molar-refractivity contribution is 0.301. The maximum atomic E-state index is 7.52. The van der Waals surface area contributed by atoms with Crippen molar-refractivity contribution in [3.05, 3.63) is 28.2 Å². The monoisotopic (exact) mass is 282 g/mol. The van der Waals surface area contributed by atoms with E-state index in [1.165, 1.54) is 12.8 Å². The standard InChI is InChI=1S/C12H15BrN2O/c13-9-2-1-3-10(11(9)12(14)15)16-7-6-8-4-5-8/h1-3,8H,4-7H2,(H3,14,15). The molecule has 0 saturated heterocycles. The topological polar surface area (TPSA) is 59.1 Å². The van der Waals surface area contributed by atoms with Gasteiger partial charge in [0.15, 0.2) is 0 Å². The molecule has 2 rings (SSSR count). The molecule has 1 aliphatic rings. The summed E-state index contributed by atoms with van der Waals surface area (Å²) >= 11 is 3.38. The van der Waals surface area contributed by atoms with Gasteiger partial charge < -0.3 is 10.5 Å². The number of halogens is 1. The van der Waals surface area contributed by atoms with Crippen LogP contribution in [0.3, 0.4) is 0 Å². The van der Waals surface area contributed by atoms with Gasteiger partial charge in [0.2, 0.25) is 0 Å². The second kappa shape index (κ2) is 4.87. The number of amidine groups is 1. The van der Waals surface area contributed by atoms with Crippen LogP contribution >= 0.6 is 15.9 Å². The van der Waals surface area contributed by atoms with Crippen molar-refractivity contribution in [3.8, 4) is 5.75 Å². The molecule has 4 heteroatoms. The van der Waals surface area contributed by atoms with Gasteiger partial charge in [-0.2, -0.15) is 0 Å². The normalized spacial score (nSPS) is 14.8. The Balaban J connectivity index is 2.05. The van der Waals surface area contributed by atoms with Crippen LogP contribution in [0.25, 0.3) is 0 Å². The first-order chi connectivity index (χ1) is 7.68. The third-order valence-corrected chi connectivity index (χ3v) is 3.39. The quantitative estimate of drug-likeness (QED) is 0.644. The van der Waals surface area contributed by atoms with E-state index in [1.54, 1.807) is 0 Å². The number of benzene rings is 1. The minimum absolute atomic E-state index is 0.0360. The van der Waals surface area contributed by atoms with E-state index in [9.17, 15) is 0 Å². The SMILES string of the molecule is N=C(N)c1c(Br)cccc1OCCC1CC1. The summed E-state index contributed by atoms with van der Waals surface area (Å²) in [6.45, 7) is 0.710. The van der Waals surface area contributed by atoms with E-state index in [0.717, 1.165) is 16.8 Å². The Labute approximate surface area is 104 Å². The lowest BCUT2D eigenvalue weighted by Crippen LogP contribution is -2.14. The molecule has 3 N–H and O–H groups in total. The lowest BCUT2D eigenvalue weighted by atomic mass is 10.2. The van der Waals surface area contributed by atoms with Gasteiger partial charge in [0.05, 0.1) is 12.2 Å². The fourth-order valence-electron chi connectivity index (χ4n) is 1.63. The molecule has 1 aromatic rings. The zero-order chi connectivity index (χ0) is 11.5. The van der Waals surface area contributed by atoms with Crippen LogP contribution in [0, 0.1) is 11.3 Å². The summed E-state index contributed by atoms with van der Waals surface area (Å²) in [6.07, 6.45) is 3.77. The summed E-state index contributed by atoms with van der Waals surface area (Å²) in [7, 11) is 0. The van der Waals surface area contributed by atoms with E-state index in [0.29, 0.717) is 17.9 Å². The van der Waals surface area contributed by atoms with E-state index in [4.69, 9.17) is 15.9 Å². The van der Waals surface area contributed by atoms with Gasteiger partial charge in [-0.15, -0.1) is 0 Å². The highest BCUT2D eigenvalue weighted by atomic mass is 79.9. The summed E-state index contributed by atoms with van der Waals surface area (Å²) in [5.74, 6) is 1.59. The first-order valence-electron chi connectivity index (χ1n) is 5.44. The van der Waals surface area contributed by atoms with Crippen LogP contribution in [0.4, 0.5) is 0 Å². The summed E-state index contributed by atoms with van der Waals surface area (Å²) in [4.78, 5) is 0. The molecule has 0 aliphatic heterocycles. The predicted molar refractivity (Wildman–Crippen MR) is 68.0 cm³/mol. The molecule has 0 amide bonds. The Bertz CT molecular complexity index is 402. The summed E-state index contributed by atoms with van der Waals surface area (Å²) in [6, 6.07) is 5.61. The van der Waals surface area contributed by atoms with Crippen LogP contribution in [0.1, 0.15) is 24.8 Å². The maximum Gasteiger partial charge on any atom is 0.131 e. The summed E-state index contributed by atoms with van der Waals surface area (Å²) in [5, 5.41) is 7.52. The van der Waals surface area contributed by atoms with E-state index in [2.05, 4.69) is 15.9 Å². The largest absolute Gasteiger partial charge is 0.493 e. The number of nitrogen functional groups attached to an aromatic ring is 1. The summed E-state index contributed by atoms with van der Waals surface area (Å²) < 4.78 is 6.49. The minimum Gasteiger partial charge on any atom is -0.493 e. The van der Waals surface area contributed by atoms with Crippen LogP contribution in [0.2, 0.25) is 0 Å². The van der Waals surface area contributed by atoms with Gasteiger partial charge in [0.25, 0.3) is 0 Å². The first kappa shape index (κ1) is 11.5. The molecule has 86 valence electrons. The van der Waals surface area contributed by atoms with Crippen molar-refractivity contribution in [2.24, 2.45) is 11.7 Å². The Morgan fingerprint density at radius 3 is 2.88 bits per heavy atom. The van der Waals surface area contributed by atoms with Crippen molar-refractivity contribution in [1.82, 2.24) is 0 Å². The highest BCUT2D eigenvalue weighted by molar-refractivity contribution is 9.10. The lowest BCUT2D eigenvalue weighted by Gasteiger charge is -2.11. The zero-order valence-corrected chi connectivity index (χ0v) is 10.6. The second-order valence-corrected chi connectivity index (χ2v) is 4.96. The number of ether oxygens (including phenoxy) is 1. The Morgan fingerprint density at radius 2 is 2.25 bits per heavy atom. The van der Waals surface area contributed by atoms with Gasteiger partial charge >= 0.3 is 0 Å². The number of nitrogens with two attached hydrogens (primary N) is 1. The maximum absolute atomic E-state index is 7.52. The van der Waals surface area contributed by atoms with Crippen molar-refractivity contribution in [3.63, 3.8) is 0 Å². The van der Waals surface area contributed by atoms with Crippen molar-refractivity contribution in [2.45, 2.75) is 19.3 Å². The fraction of sp³-hybridized carbons (Fsp3) is 0.417. The van der Waals surface area contributed by atoms with Gasteiger partial charge in [-0.3, -0.25) is 5.41 Å². The molecular weight excluding hydrogens is 268 g/mol. The Hall–Kier alpha value is -1.03. The third kappa shape index (κ3) is 2.76. The van der Waals surface area contributed by atoms with Crippen molar-refractivity contribution >= 4 is 21.8 Å². The predicted octanol–water partition coefficient (Wildman–Crippen LogP) is 2.91. The molecule has 1 aliphatic carbocycles. The first-order valence-corrected chi connectivity index (χ1v) is 6.23. The molecule has 1 fully saturated rings.